The largest absolute Gasteiger partial charge is 0.377 e. The molecule has 0 fully saturated rings. The minimum absolute atomic E-state index is 0.288. The molecular formula is C14H17BrN2S. The average molecular weight is 325 g/mol. The number of hydrogen-bond donors (Lipinski definition) is 1. The minimum atomic E-state index is 0.288. The Morgan fingerprint density at radius 1 is 1.28 bits per heavy atom. The van der Waals surface area contributed by atoms with E-state index < -0.39 is 0 Å². The van der Waals surface area contributed by atoms with Gasteiger partial charge in [-0.05, 0) is 51.5 Å². The van der Waals surface area contributed by atoms with Gasteiger partial charge in [-0.25, -0.2) is 4.98 Å². The monoisotopic (exact) mass is 324 g/mol. The van der Waals surface area contributed by atoms with E-state index in [0.717, 1.165) is 15.2 Å². The molecule has 1 aromatic carbocycles. The van der Waals surface area contributed by atoms with Crippen molar-refractivity contribution in [2.24, 2.45) is 0 Å². The molecule has 0 aliphatic carbocycles. The summed E-state index contributed by atoms with van der Waals surface area (Å²) in [5.74, 6) is 0. The van der Waals surface area contributed by atoms with Crippen LogP contribution in [-0.4, -0.2) is 4.98 Å². The van der Waals surface area contributed by atoms with Gasteiger partial charge in [-0.1, -0.05) is 15.9 Å². The molecule has 2 nitrogen and oxygen atoms in total. The van der Waals surface area contributed by atoms with Gasteiger partial charge in [0.2, 0.25) is 0 Å². The molecule has 96 valence electrons. The van der Waals surface area contributed by atoms with Gasteiger partial charge in [-0.15, -0.1) is 11.3 Å². The highest BCUT2D eigenvalue weighted by molar-refractivity contribution is 9.10. The Morgan fingerprint density at radius 3 is 2.56 bits per heavy atom. The lowest BCUT2D eigenvalue weighted by Crippen LogP contribution is -2.07. The summed E-state index contributed by atoms with van der Waals surface area (Å²) in [6.45, 7) is 8.43. The molecular weight excluding hydrogens is 308 g/mol. The van der Waals surface area contributed by atoms with Crippen LogP contribution in [0.1, 0.15) is 34.1 Å². The number of benzene rings is 1. The van der Waals surface area contributed by atoms with Crippen LogP contribution in [0.4, 0.5) is 5.69 Å². The number of hydrogen-bond acceptors (Lipinski definition) is 3. The third-order valence-electron chi connectivity index (χ3n) is 2.89. The van der Waals surface area contributed by atoms with Crippen molar-refractivity contribution in [3.05, 3.63) is 43.8 Å². The topological polar surface area (TPSA) is 24.9 Å². The van der Waals surface area contributed by atoms with Crippen molar-refractivity contribution in [3.63, 3.8) is 0 Å². The van der Waals surface area contributed by atoms with E-state index in [1.165, 1.54) is 16.1 Å². The predicted octanol–water partition coefficient (Wildman–Crippen LogP) is 5.00. The van der Waals surface area contributed by atoms with Gasteiger partial charge in [0.15, 0.2) is 0 Å². The maximum Gasteiger partial charge on any atom is 0.0900 e. The van der Waals surface area contributed by atoms with Crippen molar-refractivity contribution in [1.82, 2.24) is 4.98 Å². The fourth-order valence-corrected chi connectivity index (χ4v) is 3.44. The Hall–Kier alpha value is -0.870. The van der Waals surface area contributed by atoms with Crippen LogP contribution in [0, 0.1) is 20.8 Å². The molecule has 0 aliphatic heterocycles. The fraction of sp³-hybridized carbons (Fsp3) is 0.357. The molecule has 0 radical (unpaired) electrons. The Balaban J connectivity index is 2.21. The van der Waals surface area contributed by atoms with Crippen molar-refractivity contribution in [1.29, 1.82) is 0 Å². The third-order valence-corrected chi connectivity index (χ3v) is 4.64. The Labute approximate surface area is 121 Å². The number of nitrogens with zero attached hydrogens (tertiary/aromatic N) is 1. The van der Waals surface area contributed by atoms with Gasteiger partial charge in [-0.2, -0.15) is 0 Å². The van der Waals surface area contributed by atoms with Gasteiger partial charge in [0.05, 0.1) is 16.7 Å². The van der Waals surface area contributed by atoms with E-state index in [1.54, 1.807) is 11.3 Å². The van der Waals surface area contributed by atoms with E-state index in [1.807, 2.05) is 0 Å². The SMILES string of the molecule is Cc1nc(C)c(C(C)Nc2ccc(Br)cc2C)s1. The van der Waals surface area contributed by atoms with E-state index in [2.05, 4.69) is 72.1 Å². The molecule has 0 bridgehead atoms. The second-order valence-corrected chi connectivity index (χ2v) is 6.66. The number of aryl methyl sites for hydroxylation is 3. The smallest absolute Gasteiger partial charge is 0.0900 e. The Bertz CT molecular complexity index is 563. The quantitative estimate of drug-likeness (QED) is 0.858. The zero-order chi connectivity index (χ0) is 13.3. The number of anilines is 1. The summed E-state index contributed by atoms with van der Waals surface area (Å²) < 4.78 is 1.11. The number of thiazole rings is 1. The molecule has 2 rings (SSSR count). The van der Waals surface area contributed by atoms with Gasteiger partial charge in [0.1, 0.15) is 0 Å². The number of halogens is 1. The van der Waals surface area contributed by atoms with Crippen LogP contribution in [0.5, 0.6) is 0 Å². The van der Waals surface area contributed by atoms with E-state index in [9.17, 15) is 0 Å². The Kier molecular flexibility index (Phi) is 4.07. The fourth-order valence-electron chi connectivity index (χ4n) is 2.04. The summed E-state index contributed by atoms with van der Waals surface area (Å²) in [6.07, 6.45) is 0. The molecule has 1 N–H and O–H groups in total. The maximum absolute atomic E-state index is 4.48. The molecule has 0 amide bonds. The molecule has 1 atom stereocenters. The molecule has 0 aliphatic rings. The van der Waals surface area contributed by atoms with Crippen LogP contribution < -0.4 is 5.32 Å². The van der Waals surface area contributed by atoms with Crippen LogP contribution in [0.2, 0.25) is 0 Å². The van der Waals surface area contributed by atoms with Gasteiger partial charge in [0, 0.05) is 15.0 Å². The Morgan fingerprint density at radius 2 is 2.00 bits per heavy atom. The molecule has 2 aromatic rings. The highest BCUT2D eigenvalue weighted by Crippen LogP contribution is 2.29. The summed E-state index contributed by atoms with van der Waals surface area (Å²) >= 11 is 5.25. The number of rotatable bonds is 3. The molecule has 18 heavy (non-hydrogen) atoms. The number of nitrogens with one attached hydrogen (secondary N) is 1. The highest BCUT2D eigenvalue weighted by atomic mass is 79.9. The first-order valence-corrected chi connectivity index (χ1v) is 7.55. The molecule has 0 spiro atoms. The summed E-state index contributed by atoms with van der Waals surface area (Å²) in [6, 6.07) is 6.59. The van der Waals surface area contributed by atoms with Crippen LogP contribution >= 0.6 is 27.3 Å². The molecule has 4 heteroatoms. The first-order chi connectivity index (χ1) is 8.47. The second kappa shape index (κ2) is 5.41. The van der Waals surface area contributed by atoms with Gasteiger partial charge in [0.25, 0.3) is 0 Å². The summed E-state index contributed by atoms with van der Waals surface area (Å²) in [5, 5.41) is 4.69. The molecule has 0 saturated carbocycles. The summed E-state index contributed by atoms with van der Waals surface area (Å²) in [7, 11) is 0. The minimum Gasteiger partial charge on any atom is -0.377 e. The first kappa shape index (κ1) is 13.6. The van der Waals surface area contributed by atoms with Crippen molar-refractivity contribution >= 4 is 33.0 Å². The van der Waals surface area contributed by atoms with Crippen molar-refractivity contribution in [2.45, 2.75) is 33.7 Å². The van der Waals surface area contributed by atoms with E-state index >= 15 is 0 Å². The van der Waals surface area contributed by atoms with Crippen LogP contribution in [-0.2, 0) is 0 Å². The van der Waals surface area contributed by atoms with Crippen LogP contribution in [0.3, 0.4) is 0 Å². The number of aromatic nitrogens is 1. The average Bonchev–Trinajstić information content (AvgIpc) is 2.62. The second-order valence-electron chi connectivity index (χ2n) is 4.51. The standard InChI is InChI=1S/C14H17BrN2S/c1-8-7-12(15)5-6-13(8)17-10(3)14-9(2)16-11(4)18-14/h5-7,10,17H,1-4H3. The zero-order valence-electron chi connectivity index (χ0n) is 11.0. The normalized spacial score (nSPS) is 12.5. The summed E-state index contributed by atoms with van der Waals surface area (Å²) in [5.41, 5.74) is 3.55. The zero-order valence-corrected chi connectivity index (χ0v) is 13.4. The van der Waals surface area contributed by atoms with Gasteiger partial charge < -0.3 is 5.32 Å². The lowest BCUT2D eigenvalue weighted by Gasteiger charge is -2.16. The van der Waals surface area contributed by atoms with Crippen LogP contribution in [0.25, 0.3) is 0 Å². The molecule has 1 aromatic heterocycles. The van der Waals surface area contributed by atoms with Crippen LogP contribution in [0.15, 0.2) is 22.7 Å². The molecule has 0 saturated heterocycles. The highest BCUT2D eigenvalue weighted by Gasteiger charge is 2.13. The lowest BCUT2D eigenvalue weighted by atomic mass is 10.1. The van der Waals surface area contributed by atoms with E-state index in [0.29, 0.717) is 0 Å². The molecule has 1 unspecified atom stereocenters. The molecule has 1 heterocycles. The van der Waals surface area contributed by atoms with Crippen molar-refractivity contribution in [3.8, 4) is 0 Å². The van der Waals surface area contributed by atoms with Gasteiger partial charge >= 0.3 is 0 Å². The predicted molar refractivity (Wildman–Crippen MR) is 82.5 cm³/mol. The summed E-state index contributed by atoms with van der Waals surface area (Å²) in [4.78, 5) is 5.80. The first-order valence-electron chi connectivity index (χ1n) is 5.94. The van der Waals surface area contributed by atoms with E-state index in [-0.39, 0.29) is 6.04 Å². The maximum atomic E-state index is 4.48. The van der Waals surface area contributed by atoms with Crippen molar-refractivity contribution in [2.75, 3.05) is 5.32 Å². The van der Waals surface area contributed by atoms with Gasteiger partial charge in [-0.3, -0.25) is 0 Å². The van der Waals surface area contributed by atoms with Crippen molar-refractivity contribution < 1.29 is 0 Å². The van der Waals surface area contributed by atoms with E-state index in [4.69, 9.17) is 0 Å². The third kappa shape index (κ3) is 2.93. The lowest BCUT2D eigenvalue weighted by molar-refractivity contribution is 0.887.